The molecule has 2 rings (SSSR count). The number of rotatable bonds is 3. The number of amides is 1. The van der Waals surface area contributed by atoms with Crippen molar-refractivity contribution in [3.63, 3.8) is 0 Å². The quantitative estimate of drug-likeness (QED) is 0.920. The van der Waals surface area contributed by atoms with Crippen molar-refractivity contribution in [1.82, 2.24) is 9.80 Å². The highest BCUT2D eigenvalue weighted by Crippen LogP contribution is 2.22. The van der Waals surface area contributed by atoms with Crippen LogP contribution in [0, 0.1) is 13.8 Å². The van der Waals surface area contributed by atoms with Gasteiger partial charge >= 0.3 is 5.97 Å². The monoisotopic (exact) mass is 296 g/mol. The zero-order chi connectivity index (χ0) is 14.7. The molecule has 0 unspecified atom stereocenters. The van der Waals surface area contributed by atoms with E-state index < -0.39 is 5.97 Å². The second-order valence-corrected chi connectivity index (χ2v) is 6.42. The highest BCUT2D eigenvalue weighted by molar-refractivity contribution is 7.14. The summed E-state index contributed by atoms with van der Waals surface area (Å²) in [4.78, 5) is 28.9. The minimum absolute atomic E-state index is 0.0548. The molecule has 1 aromatic heterocycles. The number of thiophene rings is 1. The van der Waals surface area contributed by atoms with E-state index in [9.17, 15) is 9.59 Å². The third kappa shape index (κ3) is 3.58. The zero-order valence-electron chi connectivity index (χ0n) is 11.9. The van der Waals surface area contributed by atoms with Crippen LogP contribution in [0.1, 0.15) is 26.5 Å². The van der Waals surface area contributed by atoms with Gasteiger partial charge in [0.15, 0.2) is 0 Å². The van der Waals surface area contributed by atoms with Gasteiger partial charge < -0.3 is 10.0 Å². The van der Waals surface area contributed by atoms with E-state index >= 15 is 0 Å². The topological polar surface area (TPSA) is 60.9 Å². The lowest BCUT2D eigenvalue weighted by Crippen LogP contribution is -2.36. The summed E-state index contributed by atoms with van der Waals surface area (Å²) in [6.07, 6.45) is 0.822. The molecule has 5 nitrogen and oxygen atoms in total. The van der Waals surface area contributed by atoms with Crippen LogP contribution in [0.15, 0.2) is 6.07 Å². The molecule has 0 radical (unpaired) electrons. The molecule has 1 aliphatic heterocycles. The summed E-state index contributed by atoms with van der Waals surface area (Å²) < 4.78 is 0. The van der Waals surface area contributed by atoms with Gasteiger partial charge in [0.2, 0.25) is 0 Å². The highest BCUT2D eigenvalue weighted by Gasteiger charge is 2.22. The minimum Gasteiger partial charge on any atom is -0.480 e. The standard InChI is InChI=1S/C14H20N2O3S/c1-10-8-12(20-11(10)2)14(19)16-5-3-4-15(6-7-16)9-13(17)18/h8H,3-7,9H2,1-2H3,(H,17,18). The molecule has 1 fully saturated rings. The predicted molar refractivity (Wildman–Crippen MR) is 78.4 cm³/mol. The fourth-order valence-corrected chi connectivity index (χ4v) is 3.36. The van der Waals surface area contributed by atoms with Crippen molar-refractivity contribution in [3.05, 3.63) is 21.4 Å². The van der Waals surface area contributed by atoms with Crippen LogP contribution in [0.2, 0.25) is 0 Å². The van der Waals surface area contributed by atoms with Crippen molar-refractivity contribution in [3.8, 4) is 0 Å². The van der Waals surface area contributed by atoms with Crippen molar-refractivity contribution in [2.45, 2.75) is 20.3 Å². The van der Waals surface area contributed by atoms with Crippen LogP contribution >= 0.6 is 11.3 Å². The first kappa shape index (κ1) is 15.0. The molecule has 1 amide bonds. The SMILES string of the molecule is Cc1cc(C(=O)N2CCCN(CC(=O)O)CC2)sc1C. The van der Waals surface area contributed by atoms with E-state index in [4.69, 9.17) is 5.11 Å². The number of carboxylic acid groups (broad SMARTS) is 1. The van der Waals surface area contributed by atoms with E-state index in [0.717, 1.165) is 23.4 Å². The molecule has 110 valence electrons. The third-order valence-electron chi connectivity index (χ3n) is 3.61. The van der Waals surface area contributed by atoms with Gasteiger partial charge in [-0.25, -0.2) is 0 Å². The van der Waals surface area contributed by atoms with Crippen LogP contribution in [-0.4, -0.2) is 59.5 Å². The zero-order valence-corrected chi connectivity index (χ0v) is 12.7. The smallest absolute Gasteiger partial charge is 0.317 e. The number of hydrogen-bond acceptors (Lipinski definition) is 4. The Bertz CT molecular complexity index is 493. The number of hydrogen-bond donors (Lipinski definition) is 1. The second kappa shape index (κ2) is 6.37. The van der Waals surface area contributed by atoms with Crippen molar-refractivity contribution >= 4 is 23.2 Å². The average molecular weight is 296 g/mol. The molecule has 0 atom stereocenters. The molecule has 1 N–H and O–H groups in total. The maximum Gasteiger partial charge on any atom is 0.317 e. The number of carboxylic acids is 1. The molecule has 0 aliphatic carbocycles. The summed E-state index contributed by atoms with van der Waals surface area (Å²) in [5.41, 5.74) is 1.15. The number of aryl methyl sites for hydroxylation is 2. The lowest BCUT2D eigenvalue weighted by molar-refractivity contribution is -0.138. The van der Waals surface area contributed by atoms with Gasteiger partial charge in [-0.2, -0.15) is 0 Å². The van der Waals surface area contributed by atoms with Gasteiger partial charge in [0.25, 0.3) is 5.91 Å². The van der Waals surface area contributed by atoms with Crippen LogP contribution in [0.4, 0.5) is 0 Å². The number of carbonyl (C=O) groups is 2. The van der Waals surface area contributed by atoms with Gasteiger partial charge in [-0.15, -0.1) is 11.3 Å². The van der Waals surface area contributed by atoms with Crippen molar-refractivity contribution < 1.29 is 14.7 Å². The Morgan fingerprint density at radius 2 is 2.00 bits per heavy atom. The van der Waals surface area contributed by atoms with Crippen LogP contribution in [-0.2, 0) is 4.79 Å². The Kier molecular flexibility index (Phi) is 4.77. The molecule has 0 aromatic carbocycles. The second-order valence-electron chi connectivity index (χ2n) is 5.17. The van der Waals surface area contributed by atoms with E-state index in [1.165, 1.54) is 16.2 Å². The van der Waals surface area contributed by atoms with Crippen LogP contribution in [0.25, 0.3) is 0 Å². The van der Waals surface area contributed by atoms with Gasteiger partial charge in [-0.3, -0.25) is 14.5 Å². The van der Waals surface area contributed by atoms with E-state index in [2.05, 4.69) is 0 Å². The normalized spacial score (nSPS) is 17.0. The van der Waals surface area contributed by atoms with Gasteiger partial charge in [0.1, 0.15) is 0 Å². The Morgan fingerprint density at radius 1 is 1.25 bits per heavy atom. The Labute approximate surface area is 122 Å². The Hall–Kier alpha value is -1.40. The van der Waals surface area contributed by atoms with Crippen LogP contribution in [0.5, 0.6) is 0 Å². The summed E-state index contributed by atoms with van der Waals surface area (Å²) in [5, 5.41) is 8.82. The Morgan fingerprint density at radius 3 is 2.60 bits per heavy atom. The predicted octanol–water partition coefficient (Wildman–Crippen LogP) is 1.60. The molecule has 1 aliphatic rings. The summed E-state index contributed by atoms with van der Waals surface area (Å²) in [5.74, 6) is -0.738. The van der Waals surface area contributed by atoms with Gasteiger partial charge in [-0.1, -0.05) is 0 Å². The maximum atomic E-state index is 12.4. The summed E-state index contributed by atoms with van der Waals surface area (Å²) in [6.45, 7) is 6.75. The molecular weight excluding hydrogens is 276 g/mol. The Balaban J connectivity index is 1.99. The minimum atomic E-state index is -0.811. The maximum absolute atomic E-state index is 12.4. The molecule has 20 heavy (non-hydrogen) atoms. The van der Waals surface area contributed by atoms with Gasteiger partial charge in [-0.05, 0) is 31.9 Å². The first-order valence-electron chi connectivity index (χ1n) is 6.78. The fourth-order valence-electron chi connectivity index (χ4n) is 2.36. The van der Waals surface area contributed by atoms with E-state index in [1.54, 1.807) is 0 Å². The average Bonchev–Trinajstić information content (AvgIpc) is 2.60. The van der Waals surface area contributed by atoms with Crippen LogP contribution < -0.4 is 0 Å². The highest BCUT2D eigenvalue weighted by atomic mass is 32.1. The summed E-state index contributed by atoms with van der Waals surface area (Å²) in [7, 11) is 0. The van der Waals surface area contributed by atoms with Crippen LogP contribution in [0.3, 0.4) is 0 Å². The molecule has 6 heteroatoms. The van der Waals surface area contributed by atoms with E-state index in [0.29, 0.717) is 19.6 Å². The lowest BCUT2D eigenvalue weighted by atomic mass is 10.2. The summed E-state index contributed by atoms with van der Waals surface area (Å²) in [6, 6.07) is 1.95. The molecule has 1 saturated heterocycles. The molecule has 0 spiro atoms. The van der Waals surface area contributed by atoms with Crippen molar-refractivity contribution in [1.29, 1.82) is 0 Å². The third-order valence-corrected chi connectivity index (χ3v) is 4.75. The molecule has 0 bridgehead atoms. The first-order chi connectivity index (χ1) is 9.47. The van der Waals surface area contributed by atoms with Gasteiger partial charge in [0.05, 0.1) is 11.4 Å². The molecule has 1 aromatic rings. The number of carbonyl (C=O) groups excluding carboxylic acids is 1. The fraction of sp³-hybridized carbons (Fsp3) is 0.571. The molecular formula is C14H20N2O3S. The largest absolute Gasteiger partial charge is 0.480 e. The molecule has 0 saturated carbocycles. The molecule has 2 heterocycles. The lowest BCUT2D eigenvalue weighted by Gasteiger charge is -2.20. The van der Waals surface area contributed by atoms with Crippen molar-refractivity contribution in [2.24, 2.45) is 0 Å². The van der Waals surface area contributed by atoms with E-state index in [1.807, 2.05) is 29.7 Å². The van der Waals surface area contributed by atoms with Crippen molar-refractivity contribution in [2.75, 3.05) is 32.7 Å². The first-order valence-corrected chi connectivity index (χ1v) is 7.59. The summed E-state index contributed by atoms with van der Waals surface area (Å²) >= 11 is 1.54. The number of aliphatic carboxylic acids is 1. The van der Waals surface area contributed by atoms with Gasteiger partial charge in [0, 0.05) is 31.1 Å². The van der Waals surface area contributed by atoms with E-state index in [-0.39, 0.29) is 12.5 Å². The number of nitrogens with zero attached hydrogens (tertiary/aromatic N) is 2.